The number of rotatable bonds is 7. The van der Waals surface area contributed by atoms with Crippen LogP contribution in [0.1, 0.15) is 5.56 Å². The van der Waals surface area contributed by atoms with Gasteiger partial charge in [0.15, 0.2) is 0 Å². The Labute approximate surface area is 107 Å². The summed E-state index contributed by atoms with van der Waals surface area (Å²) in [6.45, 7) is 1.34. The number of ether oxygens (including phenoxy) is 1. The molecular formula is C13H17N3O2. The van der Waals surface area contributed by atoms with Crippen LogP contribution in [0.2, 0.25) is 0 Å². The van der Waals surface area contributed by atoms with E-state index in [2.05, 4.69) is 6.07 Å². The molecule has 0 unspecified atom stereocenters. The number of benzene rings is 1. The summed E-state index contributed by atoms with van der Waals surface area (Å²) < 4.78 is 5.51. The Kier molecular flexibility index (Phi) is 5.68. The highest BCUT2D eigenvalue weighted by molar-refractivity contribution is 5.75. The minimum absolute atomic E-state index is 0.227. The van der Waals surface area contributed by atoms with Crippen LogP contribution < -0.4 is 10.5 Å². The van der Waals surface area contributed by atoms with Crippen LogP contribution in [0.3, 0.4) is 0 Å². The molecule has 0 saturated carbocycles. The predicted octanol–water partition coefficient (Wildman–Crippen LogP) is 0.549. The third-order valence-electron chi connectivity index (χ3n) is 2.37. The van der Waals surface area contributed by atoms with Crippen molar-refractivity contribution in [2.75, 3.05) is 26.7 Å². The van der Waals surface area contributed by atoms with Crippen LogP contribution in [0.5, 0.6) is 5.75 Å². The Balaban J connectivity index is 2.31. The number of nitriles is 1. The normalized spacial score (nSPS) is 10.1. The second-order valence-corrected chi connectivity index (χ2v) is 4.03. The fourth-order valence-corrected chi connectivity index (χ4v) is 1.46. The Morgan fingerprint density at radius 2 is 2.11 bits per heavy atom. The maximum Gasteiger partial charge on any atom is 0.231 e. The van der Waals surface area contributed by atoms with Crippen LogP contribution in [0.4, 0.5) is 0 Å². The molecule has 0 bridgehead atoms. The van der Waals surface area contributed by atoms with Gasteiger partial charge in [0.25, 0.3) is 0 Å². The Bertz CT molecular complexity index is 423. The van der Waals surface area contributed by atoms with Gasteiger partial charge in [-0.2, -0.15) is 5.26 Å². The largest absolute Gasteiger partial charge is 0.492 e. The molecule has 0 saturated heterocycles. The number of carbonyl (C=O) groups is 1. The van der Waals surface area contributed by atoms with Gasteiger partial charge in [0.05, 0.1) is 19.0 Å². The zero-order chi connectivity index (χ0) is 13.4. The molecule has 0 aliphatic carbocycles. The van der Waals surface area contributed by atoms with E-state index in [0.29, 0.717) is 19.6 Å². The number of nitrogens with zero attached hydrogens (tertiary/aromatic N) is 2. The molecule has 0 aromatic heterocycles. The maximum absolute atomic E-state index is 10.7. The molecule has 0 atom stereocenters. The lowest BCUT2D eigenvalue weighted by Gasteiger charge is -2.14. The molecule has 0 aliphatic heterocycles. The van der Waals surface area contributed by atoms with Crippen molar-refractivity contribution >= 4 is 5.91 Å². The first-order valence-electron chi connectivity index (χ1n) is 5.67. The molecule has 18 heavy (non-hydrogen) atoms. The summed E-state index contributed by atoms with van der Waals surface area (Å²) in [7, 11) is 1.81. The van der Waals surface area contributed by atoms with E-state index in [1.54, 1.807) is 4.90 Å². The molecule has 0 spiro atoms. The maximum atomic E-state index is 10.7. The van der Waals surface area contributed by atoms with E-state index in [1.165, 1.54) is 0 Å². The average molecular weight is 247 g/mol. The van der Waals surface area contributed by atoms with E-state index in [0.717, 1.165) is 11.3 Å². The van der Waals surface area contributed by atoms with Gasteiger partial charge in [-0.1, -0.05) is 12.1 Å². The minimum Gasteiger partial charge on any atom is -0.492 e. The number of likely N-dealkylation sites (N-methyl/N-ethyl adjacent to an activating group) is 1. The number of amides is 1. The predicted molar refractivity (Wildman–Crippen MR) is 67.9 cm³/mol. The average Bonchev–Trinajstić information content (AvgIpc) is 2.31. The summed E-state index contributed by atoms with van der Waals surface area (Å²) in [5.74, 6) is 0.405. The molecule has 0 fully saturated rings. The van der Waals surface area contributed by atoms with Crippen LogP contribution in [-0.2, 0) is 11.2 Å². The molecule has 2 N–H and O–H groups in total. The molecule has 0 radical (unpaired) electrons. The monoisotopic (exact) mass is 247 g/mol. The third-order valence-corrected chi connectivity index (χ3v) is 2.37. The Hall–Kier alpha value is -2.06. The van der Waals surface area contributed by atoms with E-state index >= 15 is 0 Å². The summed E-state index contributed by atoms with van der Waals surface area (Å²) >= 11 is 0. The van der Waals surface area contributed by atoms with Gasteiger partial charge in [-0.15, -0.1) is 0 Å². The van der Waals surface area contributed by atoms with Crippen molar-refractivity contribution in [3.05, 3.63) is 29.8 Å². The first kappa shape index (κ1) is 14.0. The van der Waals surface area contributed by atoms with Crippen LogP contribution in [0.15, 0.2) is 24.3 Å². The van der Waals surface area contributed by atoms with E-state index in [-0.39, 0.29) is 12.5 Å². The van der Waals surface area contributed by atoms with E-state index < -0.39 is 0 Å². The zero-order valence-electron chi connectivity index (χ0n) is 10.4. The summed E-state index contributed by atoms with van der Waals surface area (Å²) in [6, 6.07) is 9.49. The molecule has 1 amide bonds. The first-order valence-corrected chi connectivity index (χ1v) is 5.67. The van der Waals surface area contributed by atoms with Crippen molar-refractivity contribution in [1.29, 1.82) is 5.26 Å². The zero-order valence-corrected chi connectivity index (χ0v) is 10.4. The SMILES string of the molecule is CN(CCOc1ccc(CC#N)cc1)CC(N)=O. The summed E-state index contributed by atoms with van der Waals surface area (Å²) in [5.41, 5.74) is 6.04. The van der Waals surface area contributed by atoms with Crippen LogP contribution >= 0.6 is 0 Å². The molecular weight excluding hydrogens is 230 g/mol. The molecule has 96 valence electrons. The minimum atomic E-state index is -0.349. The number of hydrogen-bond acceptors (Lipinski definition) is 4. The molecule has 1 aromatic carbocycles. The lowest BCUT2D eigenvalue weighted by atomic mass is 10.2. The Morgan fingerprint density at radius 3 is 2.67 bits per heavy atom. The van der Waals surface area contributed by atoms with E-state index in [1.807, 2.05) is 31.3 Å². The standard InChI is InChI=1S/C13H17N3O2/c1-16(10-13(15)17)8-9-18-12-4-2-11(3-5-12)6-7-14/h2-5H,6,8-10H2,1H3,(H2,15,17). The summed E-state index contributed by atoms with van der Waals surface area (Å²) in [5, 5.41) is 8.54. The second-order valence-electron chi connectivity index (χ2n) is 4.03. The summed E-state index contributed by atoms with van der Waals surface area (Å²) in [4.78, 5) is 12.5. The molecule has 5 heteroatoms. The number of carbonyl (C=O) groups excluding carboxylic acids is 1. The van der Waals surface area contributed by atoms with Crippen molar-refractivity contribution < 1.29 is 9.53 Å². The van der Waals surface area contributed by atoms with Crippen molar-refractivity contribution in [3.8, 4) is 11.8 Å². The van der Waals surface area contributed by atoms with Gasteiger partial charge in [-0.05, 0) is 24.7 Å². The highest BCUT2D eigenvalue weighted by atomic mass is 16.5. The number of hydrogen-bond donors (Lipinski definition) is 1. The highest BCUT2D eigenvalue weighted by Crippen LogP contribution is 2.12. The molecule has 5 nitrogen and oxygen atoms in total. The van der Waals surface area contributed by atoms with E-state index in [4.69, 9.17) is 15.7 Å². The topological polar surface area (TPSA) is 79.3 Å². The fraction of sp³-hybridized carbons (Fsp3) is 0.385. The second kappa shape index (κ2) is 7.30. The van der Waals surface area contributed by atoms with Gasteiger partial charge in [0, 0.05) is 6.54 Å². The highest BCUT2D eigenvalue weighted by Gasteiger charge is 2.02. The van der Waals surface area contributed by atoms with Crippen molar-refractivity contribution in [2.45, 2.75) is 6.42 Å². The van der Waals surface area contributed by atoms with Gasteiger partial charge in [-0.3, -0.25) is 9.69 Å². The molecule has 0 heterocycles. The quantitative estimate of drug-likeness (QED) is 0.763. The Morgan fingerprint density at radius 1 is 1.44 bits per heavy atom. The fourth-order valence-electron chi connectivity index (χ4n) is 1.46. The van der Waals surface area contributed by atoms with Crippen LogP contribution in [0, 0.1) is 11.3 Å². The van der Waals surface area contributed by atoms with Gasteiger partial charge < -0.3 is 10.5 Å². The van der Waals surface area contributed by atoms with Gasteiger partial charge >= 0.3 is 0 Å². The number of primary amides is 1. The third kappa shape index (κ3) is 5.32. The van der Waals surface area contributed by atoms with Crippen molar-refractivity contribution in [3.63, 3.8) is 0 Å². The van der Waals surface area contributed by atoms with Gasteiger partial charge in [0.2, 0.25) is 5.91 Å². The van der Waals surface area contributed by atoms with Gasteiger partial charge in [0.1, 0.15) is 12.4 Å². The van der Waals surface area contributed by atoms with Crippen LogP contribution in [-0.4, -0.2) is 37.6 Å². The van der Waals surface area contributed by atoms with Crippen molar-refractivity contribution in [1.82, 2.24) is 4.90 Å². The van der Waals surface area contributed by atoms with Gasteiger partial charge in [-0.25, -0.2) is 0 Å². The number of nitrogens with two attached hydrogens (primary N) is 1. The first-order chi connectivity index (χ1) is 8.61. The van der Waals surface area contributed by atoms with E-state index in [9.17, 15) is 4.79 Å². The van der Waals surface area contributed by atoms with Crippen molar-refractivity contribution in [2.24, 2.45) is 5.73 Å². The summed E-state index contributed by atoms with van der Waals surface area (Å²) in [6.07, 6.45) is 0.404. The lowest BCUT2D eigenvalue weighted by Crippen LogP contribution is -2.33. The molecule has 0 aliphatic rings. The molecule has 1 aromatic rings. The lowest BCUT2D eigenvalue weighted by molar-refractivity contribution is -0.118. The molecule has 1 rings (SSSR count). The van der Waals surface area contributed by atoms with Crippen LogP contribution in [0.25, 0.3) is 0 Å². The smallest absolute Gasteiger partial charge is 0.231 e.